The fourth-order valence-corrected chi connectivity index (χ4v) is 3.17. The molecule has 1 N–H and O–H groups in total. The minimum Gasteiger partial charge on any atom is -0.382 e. The van der Waals surface area contributed by atoms with Crippen LogP contribution in [0.25, 0.3) is 0 Å². The van der Waals surface area contributed by atoms with Crippen molar-refractivity contribution < 1.29 is 9.47 Å². The Morgan fingerprint density at radius 3 is 2.52 bits per heavy atom. The molecule has 0 aromatic heterocycles. The summed E-state index contributed by atoms with van der Waals surface area (Å²) >= 11 is 0. The molecule has 0 amide bonds. The molecule has 0 radical (unpaired) electrons. The van der Waals surface area contributed by atoms with E-state index in [2.05, 4.69) is 22.1 Å². The summed E-state index contributed by atoms with van der Waals surface area (Å²) in [5.41, 5.74) is 0. The molecule has 0 saturated carbocycles. The van der Waals surface area contributed by atoms with E-state index in [-0.39, 0.29) is 24.0 Å². The van der Waals surface area contributed by atoms with Gasteiger partial charge in [0.1, 0.15) is 0 Å². The van der Waals surface area contributed by atoms with Crippen LogP contribution in [0.4, 0.5) is 0 Å². The Kier molecular flexibility index (Phi) is 17.3. The molecule has 5 nitrogen and oxygen atoms in total. The van der Waals surface area contributed by atoms with Crippen LogP contribution in [0.5, 0.6) is 0 Å². The van der Waals surface area contributed by atoms with Gasteiger partial charge < -0.3 is 19.7 Å². The average molecular weight is 469 g/mol. The summed E-state index contributed by atoms with van der Waals surface area (Å²) in [6.45, 7) is 7.62. The number of nitrogens with one attached hydrogen (secondary N) is 1. The quantitative estimate of drug-likeness (QED) is 0.192. The van der Waals surface area contributed by atoms with Crippen LogP contribution < -0.4 is 5.32 Å². The van der Waals surface area contributed by atoms with Crippen molar-refractivity contribution in [2.45, 2.75) is 58.3 Å². The minimum absolute atomic E-state index is 0. The number of aliphatic imine (C=N–C) groups is 1. The second kappa shape index (κ2) is 17.3. The van der Waals surface area contributed by atoms with Crippen molar-refractivity contribution in [3.05, 3.63) is 0 Å². The third kappa shape index (κ3) is 12.0. The van der Waals surface area contributed by atoms with Crippen molar-refractivity contribution in [1.29, 1.82) is 0 Å². The molecule has 0 spiro atoms. The van der Waals surface area contributed by atoms with Crippen molar-refractivity contribution in [3.63, 3.8) is 0 Å². The molecule has 0 aliphatic carbocycles. The van der Waals surface area contributed by atoms with Crippen LogP contribution >= 0.6 is 24.0 Å². The largest absolute Gasteiger partial charge is 0.382 e. The maximum atomic E-state index is 5.66. The smallest absolute Gasteiger partial charge is 0.193 e. The van der Waals surface area contributed by atoms with Crippen LogP contribution in [-0.4, -0.2) is 64.5 Å². The number of halogens is 1. The standard InChI is InChI=1S/C19H39N3O2.HI/c1-4-5-6-7-8-9-10-12-21-19(20-2)22-13-11-18(16-22)17-24-15-14-23-3;/h18H,4-17H2,1-3H3,(H,20,21);1H. The molecule has 1 unspecified atom stereocenters. The summed E-state index contributed by atoms with van der Waals surface area (Å²) in [5, 5.41) is 3.53. The molecular formula is C19H40IN3O2. The Labute approximate surface area is 172 Å². The topological polar surface area (TPSA) is 46.1 Å². The molecule has 6 heteroatoms. The number of methoxy groups -OCH3 is 1. The monoisotopic (exact) mass is 469 g/mol. The van der Waals surface area contributed by atoms with E-state index in [0.29, 0.717) is 19.1 Å². The number of nitrogens with zero attached hydrogens (tertiary/aromatic N) is 2. The van der Waals surface area contributed by atoms with Crippen molar-refractivity contribution in [2.75, 3.05) is 53.6 Å². The van der Waals surface area contributed by atoms with Crippen LogP contribution in [0.15, 0.2) is 4.99 Å². The first-order valence-corrected chi connectivity index (χ1v) is 9.84. The van der Waals surface area contributed by atoms with Gasteiger partial charge in [-0.25, -0.2) is 0 Å². The molecular weight excluding hydrogens is 429 g/mol. The maximum Gasteiger partial charge on any atom is 0.193 e. The number of hydrogen-bond acceptors (Lipinski definition) is 3. The van der Waals surface area contributed by atoms with Crippen molar-refractivity contribution in [1.82, 2.24) is 10.2 Å². The van der Waals surface area contributed by atoms with E-state index in [4.69, 9.17) is 9.47 Å². The highest BCUT2D eigenvalue weighted by molar-refractivity contribution is 14.0. The lowest BCUT2D eigenvalue weighted by atomic mass is 10.1. The predicted octanol–water partition coefficient (Wildman–Crippen LogP) is 3.92. The van der Waals surface area contributed by atoms with E-state index >= 15 is 0 Å². The summed E-state index contributed by atoms with van der Waals surface area (Å²) in [7, 11) is 3.59. The summed E-state index contributed by atoms with van der Waals surface area (Å²) in [4.78, 5) is 6.81. The lowest BCUT2D eigenvalue weighted by Gasteiger charge is -2.21. The Morgan fingerprint density at radius 2 is 1.84 bits per heavy atom. The maximum absolute atomic E-state index is 5.66. The summed E-state index contributed by atoms with van der Waals surface area (Å²) in [5.74, 6) is 1.67. The second-order valence-corrected chi connectivity index (χ2v) is 6.76. The van der Waals surface area contributed by atoms with Gasteiger partial charge in [0.2, 0.25) is 0 Å². The number of rotatable bonds is 13. The number of guanidine groups is 1. The van der Waals surface area contributed by atoms with Crippen LogP contribution in [0, 0.1) is 5.92 Å². The summed E-state index contributed by atoms with van der Waals surface area (Å²) in [6.07, 6.45) is 10.6. The number of unbranched alkanes of at least 4 members (excludes halogenated alkanes) is 6. The van der Waals surface area contributed by atoms with Gasteiger partial charge in [0.25, 0.3) is 0 Å². The summed E-state index contributed by atoms with van der Waals surface area (Å²) in [6, 6.07) is 0. The van der Waals surface area contributed by atoms with Crippen molar-refractivity contribution in [2.24, 2.45) is 10.9 Å². The van der Waals surface area contributed by atoms with Gasteiger partial charge >= 0.3 is 0 Å². The Hall–Kier alpha value is -0.0800. The van der Waals surface area contributed by atoms with Crippen molar-refractivity contribution >= 4 is 29.9 Å². The van der Waals surface area contributed by atoms with E-state index in [9.17, 15) is 0 Å². The third-order valence-corrected chi connectivity index (χ3v) is 4.65. The molecule has 1 fully saturated rings. The number of hydrogen-bond donors (Lipinski definition) is 1. The molecule has 1 atom stereocenters. The summed E-state index contributed by atoms with van der Waals surface area (Å²) < 4.78 is 10.7. The highest BCUT2D eigenvalue weighted by atomic mass is 127. The van der Waals surface area contributed by atoms with Crippen LogP contribution in [-0.2, 0) is 9.47 Å². The first-order chi connectivity index (χ1) is 11.8. The van der Waals surface area contributed by atoms with Gasteiger partial charge in [0.05, 0.1) is 19.8 Å². The van der Waals surface area contributed by atoms with Gasteiger partial charge in [-0.2, -0.15) is 0 Å². The van der Waals surface area contributed by atoms with Crippen LogP contribution in [0.1, 0.15) is 58.3 Å². The Bertz CT molecular complexity index is 330. The van der Waals surface area contributed by atoms with E-state index in [0.717, 1.165) is 32.2 Å². The van der Waals surface area contributed by atoms with Gasteiger partial charge in [0, 0.05) is 39.7 Å². The Balaban J connectivity index is 0.00000576. The molecule has 0 aromatic rings. The second-order valence-electron chi connectivity index (χ2n) is 6.76. The zero-order valence-corrected chi connectivity index (χ0v) is 18.9. The van der Waals surface area contributed by atoms with Gasteiger partial charge in [-0.15, -0.1) is 24.0 Å². The lowest BCUT2D eigenvalue weighted by Crippen LogP contribution is -2.40. The van der Waals surface area contributed by atoms with Crippen molar-refractivity contribution in [3.8, 4) is 0 Å². The number of ether oxygens (including phenoxy) is 2. The molecule has 1 aliphatic heterocycles. The van der Waals surface area contributed by atoms with Gasteiger partial charge in [0.15, 0.2) is 5.96 Å². The van der Waals surface area contributed by atoms with Gasteiger partial charge in [-0.1, -0.05) is 45.4 Å². The van der Waals surface area contributed by atoms with Crippen LogP contribution in [0.2, 0.25) is 0 Å². The molecule has 1 aliphatic rings. The molecule has 25 heavy (non-hydrogen) atoms. The van der Waals surface area contributed by atoms with E-state index in [1.807, 2.05) is 7.05 Å². The first-order valence-electron chi connectivity index (χ1n) is 9.84. The fourth-order valence-electron chi connectivity index (χ4n) is 3.17. The first kappa shape index (κ1) is 24.9. The number of likely N-dealkylation sites (tertiary alicyclic amines) is 1. The fraction of sp³-hybridized carbons (Fsp3) is 0.947. The normalized spacial score (nSPS) is 17.6. The van der Waals surface area contributed by atoms with Gasteiger partial charge in [-0.3, -0.25) is 4.99 Å². The van der Waals surface area contributed by atoms with E-state index in [1.165, 1.54) is 51.4 Å². The molecule has 1 saturated heterocycles. The van der Waals surface area contributed by atoms with E-state index < -0.39 is 0 Å². The zero-order chi connectivity index (χ0) is 17.5. The molecule has 1 rings (SSSR count). The Morgan fingerprint density at radius 1 is 1.12 bits per heavy atom. The molecule has 150 valence electrons. The highest BCUT2D eigenvalue weighted by Gasteiger charge is 2.24. The SMILES string of the molecule is CCCCCCCCCNC(=NC)N1CCC(COCCOC)C1.I. The zero-order valence-electron chi connectivity index (χ0n) is 16.6. The minimum atomic E-state index is 0. The van der Waals surface area contributed by atoms with Crippen LogP contribution in [0.3, 0.4) is 0 Å². The van der Waals surface area contributed by atoms with Gasteiger partial charge in [-0.05, 0) is 12.8 Å². The van der Waals surface area contributed by atoms with E-state index in [1.54, 1.807) is 7.11 Å². The predicted molar refractivity (Wildman–Crippen MR) is 117 cm³/mol. The third-order valence-electron chi connectivity index (χ3n) is 4.65. The lowest BCUT2D eigenvalue weighted by molar-refractivity contribution is 0.0536. The molecule has 0 aromatic carbocycles. The highest BCUT2D eigenvalue weighted by Crippen LogP contribution is 2.16. The molecule has 1 heterocycles. The molecule has 0 bridgehead atoms. The average Bonchev–Trinajstić information content (AvgIpc) is 3.06.